The fourth-order valence-corrected chi connectivity index (χ4v) is 0.704. The quantitative estimate of drug-likeness (QED) is 0.544. The van der Waals surface area contributed by atoms with Crippen LogP contribution < -0.4 is 0 Å². The molecule has 7 nitrogen and oxygen atoms in total. The molecular weight excluding hydrogens is 211 g/mol. The van der Waals surface area contributed by atoms with Crippen LogP contribution in [0.25, 0.3) is 11.2 Å². The minimum atomic E-state index is -4.64. The predicted octanol–water partition coefficient (Wildman–Crippen LogP) is 0.294. The van der Waals surface area contributed by atoms with Crippen LogP contribution in [0.1, 0.15) is 0 Å². The lowest BCUT2D eigenvalue weighted by atomic mass is 10.5. The maximum Gasteiger partial charge on any atom is 0.466 e. The van der Waals surface area contributed by atoms with Crippen LogP contribution in [0, 0.1) is 0 Å². The molecule has 0 fully saturated rings. The zero-order chi connectivity index (χ0) is 10.6. The second-order valence-corrected chi connectivity index (χ2v) is 3.22. The molecule has 0 atom stereocenters. The average molecular weight is 218 g/mol. The molecule has 0 amide bonds. The van der Waals surface area contributed by atoms with E-state index in [0.29, 0.717) is 5.71 Å². The summed E-state index contributed by atoms with van der Waals surface area (Å²) in [6, 6.07) is 3.68. The van der Waals surface area contributed by atoms with Crippen LogP contribution in [0.4, 0.5) is 0 Å². The lowest BCUT2D eigenvalue weighted by molar-refractivity contribution is 0.275. The molecule has 0 unspecified atom stereocenters. The fourth-order valence-electron chi connectivity index (χ4n) is 0.704. The van der Waals surface area contributed by atoms with E-state index in [2.05, 4.69) is 9.97 Å². The second-order valence-electron chi connectivity index (χ2n) is 2.19. The summed E-state index contributed by atoms with van der Waals surface area (Å²) in [6.45, 7) is 0. The third-order valence-corrected chi connectivity index (χ3v) is 1.11. The third-order valence-electron chi connectivity index (χ3n) is 1.11. The van der Waals surface area contributed by atoms with Gasteiger partial charge in [0, 0.05) is 6.20 Å². The van der Waals surface area contributed by atoms with Crippen LogP contribution in [-0.2, 0) is 4.57 Å². The number of rotatable bonds is 0. The van der Waals surface area contributed by atoms with Gasteiger partial charge in [-0.15, -0.1) is 0 Å². The molecule has 14 heavy (non-hydrogen) atoms. The molecular formula is C6H7N2O5P. The van der Waals surface area contributed by atoms with Crippen molar-refractivity contribution in [3.05, 3.63) is 24.7 Å². The third kappa shape index (κ3) is 4.11. The Morgan fingerprint density at radius 1 is 1.29 bits per heavy atom. The molecule has 3 N–H and O–H groups in total. The Labute approximate surface area is 78.3 Å². The van der Waals surface area contributed by atoms with Gasteiger partial charge in [0.2, 0.25) is 5.71 Å². The number of oxazole rings is 1. The lowest BCUT2D eigenvalue weighted by Crippen LogP contribution is -1.69. The Morgan fingerprint density at radius 2 is 1.93 bits per heavy atom. The molecule has 2 aromatic rings. The Morgan fingerprint density at radius 3 is 2.50 bits per heavy atom. The number of nitrogens with zero attached hydrogens (tertiary/aromatic N) is 2. The molecule has 2 aromatic heterocycles. The van der Waals surface area contributed by atoms with E-state index in [9.17, 15) is 0 Å². The normalized spacial score (nSPS) is 10.8. The van der Waals surface area contributed by atoms with Gasteiger partial charge in [0.25, 0.3) is 0 Å². The Kier molecular flexibility index (Phi) is 3.32. The van der Waals surface area contributed by atoms with Crippen LogP contribution >= 0.6 is 7.82 Å². The van der Waals surface area contributed by atoms with E-state index in [4.69, 9.17) is 23.7 Å². The highest BCUT2D eigenvalue weighted by Crippen LogP contribution is 2.25. The van der Waals surface area contributed by atoms with Crippen LogP contribution in [0.3, 0.4) is 0 Å². The zero-order valence-corrected chi connectivity index (χ0v) is 7.70. The minimum Gasteiger partial charge on any atom is -0.425 e. The van der Waals surface area contributed by atoms with Gasteiger partial charge in [-0.2, -0.15) is 0 Å². The van der Waals surface area contributed by atoms with Crippen molar-refractivity contribution in [1.29, 1.82) is 0 Å². The van der Waals surface area contributed by atoms with E-state index in [1.807, 2.05) is 12.1 Å². The van der Waals surface area contributed by atoms with Crippen molar-refractivity contribution in [2.75, 3.05) is 0 Å². The number of aromatic nitrogens is 2. The van der Waals surface area contributed by atoms with Crippen LogP contribution in [0.15, 0.2) is 29.1 Å². The molecule has 0 saturated heterocycles. The topological polar surface area (TPSA) is 117 Å². The molecule has 2 heterocycles. The first-order valence-electron chi connectivity index (χ1n) is 3.39. The summed E-state index contributed by atoms with van der Waals surface area (Å²) < 4.78 is 13.8. The lowest BCUT2D eigenvalue weighted by Gasteiger charge is -1.82. The molecule has 2 rings (SSSR count). The molecule has 0 bridgehead atoms. The SMILES string of the molecule is O=P(O)(O)O.c1cnc2ocnc2c1. The maximum absolute atomic E-state index is 8.88. The molecule has 0 spiro atoms. The summed E-state index contributed by atoms with van der Waals surface area (Å²) in [5, 5.41) is 0. The van der Waals surface area contributed by atoms with E-state index in [-0.39, 0.29) is 0 Å². The van der Waals surface area contributed by atoms with Gasteiger partial charge in [0.15, 0.2) is 6.39 Å². The Bertz CT molecular complexity index is 412. The van der Waals surface area contributed by atoms with Crippen LogP contribution in [0.2, 0.25) is 0 Å². The first-order chi connectivity index (χ1) is 6.47. The Hall–Kier alpha value is -1.27. The van der Waals surface area contributed by atoms with Crippen molar-refractivity contribution >= 4 is 19.1 Å². The van der Waals surface area contributed by atoms with E-state index in [1.165, 1.54) is 6.39 Å². The summed E-state index contributed by atoms with van der Waals surface area (Å²) in [5.41, 5.74) is 1.40. The summed E-state index contributed by atoms with van der Waals surface area (Å²) in [7, 11) is -4.64. The van der Waals surface area contributed by atoms with Crippen molar-refractivity contribution in [2.24, 2.45) is 0 Å². The van der Waals surface area contributed by atoms with Gasteiger partial charge < -0.3 is 19.1 Å². The van der Waals surface area contributed by atoms with Crippen LogP contribution in [-0.4, -0.2) is 24.6 Å². The summed E-state index contributed by atoms with van der Waals surface area (Å²) >= 11 is 0. The van der Waals surface area contributed by atoms with Crippen molar-refractivity contribution in [2.45, 2.75) is 0 Å². The molecule has 0 aromatic carbocycles. The number of phosphoric acid groups is 1. The average Bonchev–Trinajstić information content (AvgIpc) is 2.47. The van der Waals surface area contributed by atoms with Gasteiger partial charge in [-0.3, -0.25) is 0 Å². The van der Waals surface area contributed by atoms with Crippen molar-refractivity contribution in [1.82, 2.24) is 9.97 Å². The van der Waals surface area contributed by atoms with Crippen molar-refractivity contribution < 1.29 is 23.7 Å². The minimum absolute atomic E-state index is 0.595. The predicted molar refractivity (Wildman–Crippen MR) is 46.1 cm³/mol. The van der Waals surface area contributed by atoms with Gasteiger partial charge in [0.1, 0.15) is 5.52 Å². The van der Waals surface area contributed by atoms with Crippen molar-refractivity contribution in [3.8, 4) is 0 Å². The molecule has 0 radical (unpaired) electrons. The van der Waals surface area contributed by atoms with Crippen LogP contribution in [0.5, 0.6) is 0 Å². The smallest absolute Gasteiger partial charge is 0.425 e. The number of pyridine rings is 1. The molecule has 8 heteroatoms. The number of fused-ring (bicyclic) bond motifs is 1. The highest BCUT2D eigenvalue weighted by atomic mass is 31.2. The highest BCUT2D eigenvalue weighted by Gasteiger charge is 2.00. The number of hydrogen-bond acceptors (Lipinski definition) is 4. The summed E-state index contributed by atoms with van der Waals surface area (Å²) in [4.78, 5) is 29.4. The van der Waals surface area contributed by atoms with Gasteiger partial charge in [0.05, 0.1) is 0 Å². The van der Waals surface area contributed by atoms with E-state index in [1.54, 1.807) is 6.20 Å². The summed E-state index contributed by atoms with van der Waals surface area (Å²) in [6.07, 6.45) is 3.06. The molecule has 0 saturated carbocycles. The maximum atomic E-state index is 8.88. The largest absolute Gasteiger partial charge is 0.466 e. The van der Waals surface area contributed by atoms with E-state index >= 15 is 0 Å². The molecule has 76 valence electrons. The van der Waals surface area contributed by atoms with Crippen molar-refractivity contribution in [3.63, 3.8) is 0 Å². The summed E-state index contributed by atoms with van der Waals surface area (Å²) in [5.74, 6) is 0. The zero-order valence-electron chi connectivity index (χ0n) is 6.81. The first kappa shape index (κ1) is 10.8. The van der Waals surface area contributed by atoms with Gasteiger partial charge in [-0.05, 0) is 12.1 Å². The Balaban J connectivity index is 0.000000171. The van der Waals surface area contributed by atoms with Gasteiger partial charge >= 0.3 is 7.82 Å². The second kappa shape index (κ2) is 4.30. The van der Waals surface area contributed by atoms with E-state index < -0.39 is 7.82 Å². The van der Waals surface area contributed by atoms with E-state index in [0.717, 1.165) is 5.52 Å². The number of hydrogen-bond donors (Lipinski definition) is 3. The first-order valence-corrected chi connectivity index (χ1v) is 4.96. The highest BCUT2D eigenvalue weighted by molar-refractivity contribution is 7.45. The van der Waals surface area contributed by atoms with Gasteiger partial charge in [-0.1, -0.05) is 0 Å². The monoisotopic (exact) mass is 218 g/mol. The molecule has 0 aliphatic heterocycles. The molecule has 0 aliphatic carbocycles. The molecule has 0 aliphatic rings. The standard InChI is InChI=1S/C6H4N2O.H3O4P/c1-2-5-6(7-3-1)9-4-8-5;1-5(2,3)4/h1-4H;(H3,1,2,3,4). The fraction of sp³-hybridized carbons (Fsp3) is 0. The van der Waals surface area contributed by atoms with Gasteiger partial charge in [-0.25, -0.2) is 14.5 Å².